The van der Waals surface area contributed by atoms with Crippen LogP contribution in [0.25, 0.3) is 0 Å². The zero-order valence-corrected chi connectivity index (χ0v) is 11.4. The van der Waals surface area contributed by atoms with Crippen LogP contribution in [0.3, 0.4) is 0 Å². The van der Waals surface area contributed by atoms with E-state index in [0.29, 0.717) is 0 Å². The summed E-state index contributed by atoms with van der Waals surface area (Å²) in [6.07, 6.45) is 1.82. The monoisotopic (exact) mass is 287 g/mol. The van der Waals surface area contributed by atoms with Gasteiger partial charge < -0.3 is 10.1 Å². The van der Waals surface area contributed by atoms with E-state index in [4.69, 9.17) is 4.74 Å². The Labute approximate surface area is 105 Å². The minimum absolute atomic E-state index is 0.777. The second kappa shape index (κ2) is 7.57. The lowest BCUT2D eigenvalue weighted by Crippen LogP contribution is -2.08. The summed E-state index contributed by atoms with van der Waals surface area (Å²) in [6, 6.07) is 1.89. The van der Waals surface area contributed by atoms with Crippen molar-refractivity contribution in [2.24, 2.45) is 0 Å². The molecule has 0 aliphatic carbocycles. The highest BCUT2D eigenvalue weighted by atomic mass is 79.9. The zero-order valence-electron chi connectivity index (χ0n) is 9.79. The molecular weight excluding hydrogens is 270 g/mol. The Morgan fingerprint density at radius 3 is 2.88 bits per heavy atom. The second-order valence-electron chi connectivity index (χ2n) is 3.32. The van der Waals surface area contributed by atoms with E-state index in [2.05, 4.69) is 31.2 Å². The van der Waals surface area contributed by atoms with Gasteiger partial charge in [0.15, 0.2) is 0 Å². The molecule has 0 aromatic carbocycles. The molecule has 1 aromatic rings. The molecule has 0 amide bonds. The fourth-order valence-electron chi connectivity index (χ4n) is 1.25. The van der Waals surface area contributed by atoms with Gasteiger partial charge >= 0.3 is 0 Å². The number of anilines is 1. The molecule has 1 rings (SSSR count). The van der Waals surface area contributed by atoms with Gasteiger partial charge in [-0.2, -0.15) is 0 Å². The highest BCUT2D eigenvalue weighted by Gasteiger charge is 2.00. The van der Waals surface area contributed by atoms with Gasteiger partial charge in [-0.15, -0.1) is 0 Å². The summed E-state index contributed by atoms with van der Waals surface area (Å²) < 4.78 is 6.08. The van der Waals surface area contributed by atoms with Gasteiger partial charge in [-0.25, -0.2) is 9.97 Å². The molecule has 5 heteroatoms. The predicted octanol–water partition coefficient (Wildman–Crippen LogP) is 2.64. The summed E-state index contributed by atoms with van der Waals surface area (Å²) in [5, 5.41) is 3.26. The van der Waals surface area contributed by atoms with E-state index in [1.807, 2.05) is 19.9 Å². The number of ether oxygens (including phenoxy) is 1. The number of hydrogen-bond donors (Lipinski definition) is 1. The first-order valence-corrected chi connectivity index (χ1v) is 6.40. The van der Waals surface area contributed by atoms with E-state index >= 15 is 0 Å². The van der Waals surface area contributed by atoms with Crippen molar-refractivity contribution in [2.75, 3.05) is 25.1 Å². The zero-order chi connectivity index (χ0) is 11.8. The molecule has 4 nitrogen and oxygen atoms in total. The van der Waals surface area contributed by atoms with Crippen LogP contribution < -0.4 is 5.32 Å². The predicted molar refractivity (Wildman–Crippen MR) is 68.7 cm³/mol. The van der Waals surface area contributed by atoms with E-state index in [1.165, 1.54) is 0 Å². The number of nitrogens with zero attached hydrogens (tertiary/aromatic N) is 2. The van der Waals surface area contributed by atoms with Gasteiger partial charge in [0.05, 0.1) is 0 Å². The maximum atomic E-state index is 5.26. The van der Waals surface area contributed by atoms with Crippen LogP contribution >= 0.6 is 15.9 Å². The Kier molecular flexibility index (Phi) is 6.33. The number of aromatic nitrogens is 2. The van der Waals surface area contributed by atoms with Gasteiger partial charge in [0, 0.05) is 32.2 Å². The van der Waals surface area contributed by atoms with Crippen molar-refractivity contribution in [3.05, 3.63) is 16.5 Å². The van der Waals surface area contributed by atoms with Crippen molar-refractivity contribution >= 4 is 21.7 Å². The van der Waals surface area contributed by atoms with Crippen molar-refractivity contribution in [1.82, 2.24) is 9.97 Å². The molecule has 90 valence electrons. The van der Waals surface area contributed by atoms with Crippen molar-refractivity contribution in [1.29, 1.82) is 0 Å². The van der Waals surface area contributed by atoms with Crippen LogP contribution in [0.2, 0.25) is 0 Å². The summed E-state index contributed by atoms with van der Waals surface area (Å²) in [7, 11) is 0. The van der Waals surface area contributed by atoms with Crippen LogP contribution in [-0.2, 0) is 11.2 Å². The van der Waals surface area contributed by atoms with Gasteiger partial charge in [-0.05, 0) is 29.3 Å². The topological polar surface area (TPSA) is 47.0 Å². The SMILES string of the molecule is CCOCCCNc1cc(Br)nc(CC)n1. The van der Waals surface area contributed by atoms with Crippen LogP contribution in [0, 0.1) is 0 Å². The lowest BCUT2D eigenvalue weighted by Gasteiger charge is -2.07. The summed E-state index contributed by atoms with van der Waals surface area (Å²) in [6.45, 7) is 6.48. The van der Waals surface area contributed by atoms with Crippen LogP contribution in [0.4, 0.5) is 5.82 Å². The molecule has 0 aliphatic rings. The van der Waals surface area contributed by atoms with E-state index in [-0.39, 0.29) is 0 Å². The first-order valence-electron chi connectivity index (χ1n) is 5.61. The molecule has 0 radical (unpaired) electrons. The minimum atomic E-state index is 0.777. The van der Waals surface area contributed by atoms with E-state index < -0.39 is 0 Å². The quantitative estimate of drug-likeness (QED) is 0.619. The van der Waals surface area contributed by atoms with Crippen LogP contribution in [-0.4, -0.2) is 29.7 Å². The molecule has 0 bridgehead atoms. The normalized spacial score (nSPS) is 10.4. The standard InChI is InChI=1S/C11H18BrN3O/c1-3-10-14-9(12)8-11(15-10)13-6-5-7-16-4-2/h8H,3-7H2,1-2H3,(H,13,14,15). The first-order chi connectivity index (χ1) is 7.76. The average molecular weight is 288 g/mol. The van der Waals surface area contributed by atoms with Crippen molar-refractivity contribution in [2.45, 2.75) is 26.7 Å². The number of aryl methyl sites for hydroxylation is 1. The molecule has 0 saturated heterocycles. The van der Waals surface area contributed by atoms with Crippen molar-refractivity contribution < 1.29 is 4.74 Å². The Bertz CT molecular complexity index is 320. The number of rotatable bonds is 7. The van der Waals surface area contributed by atoms with Gasteiger partial charge in [-0.3, -0.25) is 0 Å². The van der Waals surface area contributed by atoms with Crippen molar-refractivity contribution in [3.63, 3.8) is 0 Å². The van der Waals surface area contributed by atoms with Gasteiger partial charge in [-0.1, -0.05) is 6.92 Å². The molecular formula is C11H18BrN3O. The molecule has 0 atom stereocenters. The van der Waals surface area contributed by atoms with E-state index in [1.54, 1.807) is 0 Å². The third-order valence-electron chi connectivity index (χ3n) is 2.03. The molecule has 0 spiro atoms. The van der Waals surface area contributed by atoms with Crippen LogP contribution in [0.5, 0.6) is 0 Å². The smallest absolute Gasteiger partial charge is 0.131 e. The Morgan fingerprint density at radius 1 is 1.38 bits per heavy atom. The molecule has 1 aromatic heterocycles. The molecule has 0 fully saturated rings. The molecule has 0 saturated carbocycles. The molecule has 1 heterocycles. The Morgan fingerprint density at radius 2 is 2.19 bits per heavy atom. The lowest BCUT2D eigenvalue weighted by atomic mass is 10.4. The molecule has 16 heavy (non-hydrogen) atoms. The third kappa shape index (κ3) is 4.90. The largest absolute Gasteiger partial charge is 0.382 e. The van der Waals surface area contributed by atoms with Crippen molar-refractivity contribution in [3.8, 4) is 0 Å². The maximum absolute atomic E-state index is 5.26. The summed E-state index contributed by atoms with van der Waals surface area (Å²) in [5.41, 5.74) is 0. The van der Waals surface area contributed by atoms with Gasteiger partial charge in [0.1, 0.15) is 16.2 Å². The summed E-state index contributed by atoms with van der Waals surface area (Å²) in [4.78, 5) is 8.63. The lowest BCUT2D eigenvalue weighted by molar-refractivity contribution is 0.147. The van der Waals surface area contributed by atoms with Gasteiger partial charge in [0.2, 0.25) is 0 Å². The fraction of sp³-hybridized carbons (Fsp3) is 0.636. The van der Waals surface area contributed by atoms with Crippen LogP contribution in [0.15, 0.2) is 10.7 Å². The number of nitrogens with one attached hydrogen (secondary N) is 1. The van der Waals surface area contributed by atoms with Crippen LogP contribution in [0.1, 0.15) is 26.1 Å². The highest BCUT2D eigenvalue weighted by molar-refractivity contribution is 9.10. The highest BCUT2D eigenvalue weighted by Crippen LogP contribution is 2.12. The molecule has 0 aliphatic heterocycles. The number of halogens is 1. The summed E-state index contributed by atoms with van der Waals surface area (Å²) in [5.74, 6) is 1.72. The number of hydrogen-bond acceptors (Lipinski definition) is 4. The third-order valence-corrected chi connectivity index (χ3v) is 2.44. The molecule has 1 N–H and O–H groups in total. The minimum Gasteiger partial charge on any atom is -0.382 e. The first kappa shape index (κ1) is 13.4. The molecule has 0 unspecified atom stereocenters. The average Bonchev–Trinajstić information content (AvgIpc) is 2.28. The van der Waals surface area contributed by atoms with Gasteiger partial charge in [0.25, 0.3) is 0 Å². The van der Waals surface area contributed by atoms with E-state index in [9.17, 15) is 0 Å². The Hall–Kier alpha value is -0.680. The fourth-order valence-corrected chi connectivity index (χ4v) is 1.67. The second-order valence-corrected chi connectivity index (χ2v) is 4.14. The maximum Gasteiger partial charge on any atom is 0.131 e. The Balaban J connectivity index is 2.38. The summed E-state index contributed by atoms with van der Waals surface area (Å²) >= 11 is 3.37. The van der Waals surface area contributed by atoms with E-state index in [0.717, 1.165) is 48.8 Å².